The maximum atomic E-state index is 6.16. The van der Waals surface area contributed by atoms with Crippen molar-refractivity contribution in [2.45, 2.75) is 13.5 Å². The first-order chi connectivity index (χ1) is 10.5. The van der Waals surface area contributed by atoms with E-state index in [0.29, 0.717) is 13.2 Å². The van der Waals surface area contributed by atoms with E-state index in [1.54, 1.807) is 6.08 Å². The van der Waals surface area contributed by atoms with Gasteiger partial charge in [-0.1, -0.05) is 46.3 Å². The van der Waals surface area contributed by atoms with E-state index in [4.69, 9.17) is 16.3 Å². The lowest BCUT2D eigenvalue weighted by atomic mass is 10.2. The molecule has 0 spiro atoms. The molecular weight excluding hydrogens is 429 g/mol. The Hall–Kier alpha value is -0.970. The Bertz CT molecular complexity index is 689. The molecule has 0 atom stereocenters. The zero-order valence-electron chi connectivity index (χ0n) is 12.1. The number of anilines is 1. The first-order valence-electron chi connectivity index (χ1n) is 6.73. The first kappa shape index (κ1) is 17.4. The summed E-state index contributed by atoms with van der Waals surface area (Å²) in [6.07, 6.45) is 1.73. The first-order valence-corrected chi connectivity index (χ1v) is 8.69. The van der Waals surface area contributed by atoms with Gasteiger partial charge in [0.25, 0.3) is 0 Å². The summed E-state index contributed by atoms with van der Waals surface area (Å²) in [6, 6.07) is 9.93. The van der Waals surface area contributed by atoms with Gasteiger partial charge in [-0.15, -0.1) is 0 Å². The van der Waals surface area contributed by atoms with Crippen molar-refractivity contribution in [3.8, 4) is 5.75 Å². The van der Waals surface area contributed by atoms with Crippen molar-refractivity contribution in [3.05, 3.63) is 68.1 Å². The topological polar surface area (TPSA) is 21.3 Å². The Morgan fingerprint density at radius 2 is 2.05 bits per heavy atom. The molecule has 0 amide bonds. The van der Waals surface area contributed by atoms with Crippen molar-refractivity contribution in [2.24, 2.45) is 0 Å². The van der Waals surface area contributed by atoms with Gasteiger partial charge in [0.15, 0.2) is 0 Å². The Balaban J connectivity index is 2.20. The molecule has 2 rings (SSSR count). The molecule has 1 N–H and O–H groups in total. The number of benzene rings is 2. The van der Waals surface area contributed by atoms with E-state index < -0.39 is 0 Å². The fourth-order valence-electron chi connectivity index (χ4n) is 1.95. The zero-order chi connectivity index (χ0) is 16.1. The number of rotatable bonds is 6. The third-order valence-corrected chi connectivity index (χ3v) is 4.54. The van der Waals surface area contributed by atoms with Crippen LogP contribution in [0.3, 0.4) is 0 Å². The molecule has 2 aromatic rings. The van der Waals surface area contributed by atoms with Crippen LogP contribution in [-0.2, 0) is 6.54 Å². The highest BCUT2D eigenvalue weighted by Gasteiger charge is 2.10. The molecule has 0 aliphatic carbocycles. The van der Waals surface area contributed by atoms with Gasteiger partial charge in [-0.25, -0.2) is 0 Å². The van der Waals surface area contributed by atoms with Crippen molar-refractivity contribution in [1.29, 1.82) is 0 Å². The van der Waals surface area contributed by atoms with Gasteiger partial charge in [0.1, 0.15) is 12.4 Å². The quantitative estimate of drug-likeness (QED) is 0.523. The minimum Gasteiger partial charge on any atom is -0.488 e. The SMILES string of the molecule is C=CCOc1c(Br)cc(Br)cc1CNc1ccc(C)c(Cl)c1. The van der Waals surface area contributed by atoms with Crippen LogP contribution in [0.2, 0.25) is 5.02 Å². The van der Waals surface area contributed by atoms with Gasteiger partial charge in [-0.3, -0.25) is 0 Å². The Labute approximate surface area is 152 Å². The van der Waals surface area contributed by atoms with Crippen LogP contribution in [0, 0.1) is 6.92 Å². The van der Waals surface area contributed by atoms with Gasteiger partial charge >= 0.3 is 0 Å². The smallest absolute Gasteiger partial charge is 0.139 e. The number of nitrogens with one attached hydrogen (secondary N) is 1. The summed E-state index contributed by atoms with van der Waals surface area (Å²) in [5, 5.41) is 4.12. The van der Waals surface area contributed by atoms with Crippen LogP contribution in [0.5, 0.6) is 5.75 Å². The van der Waals surface area contributed by atoms with E-state index in [-0.39, 0.29) is 0 Å². The van der Waals surface area contributed by atoms with Crippen LogP contribution in [0.4, 0.5) is 5.69 Å². The molecule has 5 heteroatoms. The van der Waals surface area contributed by atoms with Crippen LogP contribution in [-0.4, -0.2) is 6.61 Å². The normalized spacial score (nSPS) is 10.4. The van der Waals surface area contributed by atoms with Crippen LogP contribution in [0.15, 0.2) is 51.9 Å². The van der Waals surface area contributed by atoms with Crippen molar-refractivity contribution in [1.82, 2.24) is 0 Å². The van der Waals surface area contributed by atoms with E-state index in [9.17, 15) is 0 Å². The fraction of sp³-hybridized carbons (Fsp3) is 0.176. The summed E-state index contributed by atoms with van der Waals surface area (Å²) in [7, 11) is 0. The van der Waals surface area contributed by atoms with Crippen LogP contribution >= 0.6 is 43.5 Å². The lowest BCUT2D eigenvalue weighted by molar-refractivity contribution is 0.357. The molecule has 0 fully saturated rings. The summed E-state index contributed by atoms with van der Waals surface area (Å²) in [4.78, 5) is 0. The largest absolute Gasteiger partial charge is 0.488 e. The maximum absolute atomic E-state index is 6.16. The van der Waals surface area contributed by atoms with Gasteiger partial charge in [0.2, 0.25) is 0 Å². The minimum absolute atomic E-state index is 0.462. The zero-order valence-corrected chi connectivity index (χ0v) is 16.1. The van der Waals surface area contributed by atoms with E-state index >= 15 is 0 Å². The van der Waals surface area contributed by atoms with Crippen molar-refractivity contribution < 1.29 is 4.74 Å². The lowest BCUT2D eigenvalue weighted by Gasteiger charge is -2.15. The Morgan fingerprint density at radius 3 is 2.73 bits per heavy atom. The minimum atomic E-state index is 0.462. The second-order valence-electron chi connectivity index (χ2n) is 4.79. The van der Waals surface area contributed by atoms with Gasteiger partial charge in [0, 0.05) is 27.3 Å². The molecule has 0 bridgehead atoms. The molecule has 0 heterocycles. The molecule has 0 aliphatic rings. The molecule has 0 aromatic heterocycles. The van der Waals surface area contributed by atoms with Gasteiger partial charge in [-0.05, 0) is 52.7 Å². The van der Waals surface area contributed by atoms with Crippen LogP contribution < -0.4 is 10.1 Å². The predicted octanol–water partition coefficient (Wildman–Crippen LogP) is 6.35. The summed E-state index contributed by atoms with van der Waals surface area (Å²) in [5.74, 6) is 0.814. The molecule has 0 aliphatic heterocycles. The Kier molecular flexibility index (Phi) is 6.36. The lowest BCUT2D eigenvalue weighted by Crippen LogP contribution is -2.04. The van der Waals surface area contributed by atoms with E-state index in [2.05, 4.69) is 43.8 Å². The highest BCUT2D eigenvalue weighted by atomic mass is 79.9. The molecule has 0 saturated heterocycles. The molecular formula is C17H16Br2ClNO. The highest BCUT2D eigenvalue weighted by Crippen LogP contribution is 2.33. The Morgan fingerprint density at radius 1 is 1.27 bits per heavy atom. The molecule has 22 heavy (non-hydrogen) atoms. The second-order valence-corrected chi connectivity index (χ2v) is 6.97. The number of aryl methyl sites for hydroxylation is 1. The third kappa shape index (κ3) is 4.51. The van der Waals surface area contributed by atoms with E-state index in [0.717, 1.165) is 36.5 Å². The fourth-order valence-corrected chi connectivity index (χ4v) is 3.56. The highest BCUT2D eigenvalue weighted by molar-refractivity contribution is 9.11. The second kappa shape index (κ2) is 8.04. The van der Waals surface area contributed by atoms with Crippen molar-refractivity contribution >= 4 is 49.1 Å². The summed E-state index contributed by atoms with van der Waals surface area (Å²) in [6.45, 7) is 6.76. The van der Waals surface area contributed by atoms with E-state index in [1.807, 2.05) is 37.3 Å². The maximum Gasteiger partial charge on any atom is 0.139 e. The van der Waals surface area contributed by atoms with Gasteiger partial charge in [-0.2, -0.15) is 0 Å². The third-order valence-electron chi connectivity index (χ3n) is 3.09. The average Bonchev–Trinajstić information content (AvgIpc) is 2.47. The van der Waals surface area contributed by atoms with Crippen molar-refractivity contribution in [3.63, 3.8) is 0 Å². The van der Waals surface area contributed by atoms with Crippen molar-refractivity contribution in [2.75, 3.05) is 11.9 Å². The summed E-state index contributed by atoms with van der Waals surface area (Å²) in [5.41, 5.74) is 3.08. The number of halogens is 3. The van der Waals surface area contributed by atoms with E-state index in [1.165, 1.54) is 0 Å². The number of hydrogen-bond acceptors (Lipinski definition) is 2. The molecule has 0 saturated carbocycles. The van der Waals surface area contributed by atoms with Gasteiger partial charge < -0.3 is 10.1 Å². The van der Waals surface area contributed by atoms with Crippen LogP contribution in [0.25, 0.3) is 0 Å². The monoisotopic (exact) mass is 443 g/mol. The van der Waals surface area contributed by atoms with Crippen LogP contribution in [0.1, 0.15) is 11.1 Å². The number of ether oxygens (including phenoxy) is 1. The average molecular weight is 446 g/mol. The van der Waals surface area contributed by atoms with Gasteiger partial charge in [0.05, 0.1) is 4.47 Å². The molecule has 116 valence electrons. The predicted molar refractivity (Wildman–Crippen MR) is 101 cm³/mol. The molecule has 2 aromatic carbocycles. The molecule has 0 unspecified atom stereocenters. The standard InChI is InChI=1S/C17H16Br2ClNO/c1-3-6-22-17-12(7-13(18)8-15(17)19)10-21-14-5-4-11(2)16(20)9-14/h3-5,7-9,21H,1,6,10H2,2H3. The summed E-state index contributed by atoms with van der Waals surface area (Å²) < 4.78 is 7.65. The summed E-state index contributed by atoms with van der Waals surface area (Å²) >= 11 is 13.2. The number of hydrogen-bond donors (Lipinski definition) is 1. The molecule has 0 radical (unpaired) electrons. The molecule has 2 nitrogen and oxygen atoms in total.